The molecule has 2 aliphatic rings. The Labute approximate surface area is 98.8 Å². The van der Waals surface area contributed by atoms with E-state index in [0.717, 1.165) is 6.04 Å². The van der Waals surface area contributed by atoms with Crippen LogP contribution in [0.15, 0.2) is 0 Å². The molecule has 0 saturated heterocycles. The molecule has 1 nitrogen and oxygen atoms in total. The Morgan fingerprint density at radius 2 is 1.93 bits per heavy atom. The molecule has 0 radical (unpaired) electrons. The van der Waals surface area contributed by atoms with Gasteiger partial charge in [0.2, 0.25) is 0 Å². The van der Waals surface area contributed by atoms with Crippen molar-refractivity contribution in [2.24, 2.45) is 5.41 Å². The van der Waals surface area contributed by atoms with E-state index in [1.807, 2.05) is 0 Å². The van der Waals surface area contributed by atoms with Crippen LogP contribution in [-0.2, 0) is 0 Å². The molecule has 88 valence electrons. The molecule has 0 aromatic rings. The highest BCUT2D eigenvalue weighted by molar-refractivity contribution is 8.00. The molecule has 0 aliphatic heterocycles. The van der Waals surface area contributed by atoms with Gasteiger partial charge in [-0.05, 0) is 37.4 Å². The summed E-state index contributed by atoms with van der Waals surface area (Å²) in [4.78, 5) is 0. The number of rotatable bonds is 4. The van der Waals surface area contributed by atoms with E-state index in [4.69, 9.17) is 0 Å². The van der Waals surface area contributed by atoms with Crippen LogP contribution < -0.4 is 5.32 Å². The monoisotopic (exact) mass is 227 g/mol. The van der Waals surface area contributed by atoms with Crippen LogP contribution in [0.3, 0.4) is 0 Å². The van der Waals surface area contributed by atoms with E-state index in [1.54, 1.807) is 0 Å². The van der Waals surface area contributed by atoms with Crippen molar-refractivity contribution in [3.05, 3.63) is 0 Å². The van der Waals surface area contributed by atoms with Gasteiger partial charge in [-0.25, -0.2) is 0 Å². The fraction of sp³-hybridized carbons (Fsp3) is 1.00. The average molecular weight is 227 g/mol. The highest BCUT2D eigenvalue weighted by Crippen LogP contribution is 2.43. The maximum atomic E-state index is 3.84. The van der Waals surface area contributed by atoms with Gasteiger partial charge in [-0.15, -0.1) is 0 Å². The Balaban J connectivity index is 1.82. The van der Waals surface area contributed by atoms with E-state index in [2.05, 4.69) is 37.2 Å². The molecular weight excluding hydrogens is 202 g/mol. The molecule has 0 aromatic carbocycles. The zero-order chi connectivity index (χ0) is 10.9. The lowest BCUT2D eigenvalue weighted by Gasteiger charge is -2.42. The van der Waals surface area contributed by atoms with Crippen molar-refractivity contribution in [2.45, 2.75) is 63.2 Å². The van der Waals surface area contributed by atoms with Crippen LogP contribution in [0, 0.1) is 5.41 Å². The molecule has 1 unspecified atom stereocenters. The summed E-state index contributed by atoms with van der Waals surface area (Å²) in [6, 6.07) is 0.766. The quantitative estimate of drug-likeness (QED) is 0.789. The van der Waals surface area contributed by atoms with Gasteiger partial charge in [0, 0.05) is 17.3 Å². The van der Waals surface area contributed by atoms with E-state index in [1.165, 1.54) is 45.1 Å². The molecule has 1 N–H and O–H groups in total. The van der Waals surface area contributed by atoms with Crippen molar-refractivity contribution in [1.82, 2.24) is 5.32 Å². The average Bonchev–Trinajstić information content (AvgIpc) is 2.45. The number of hydrogen-bond acceptors (Lipinski definition) is 2. The molecule has 0 aromatic heterocycles. The fourth-order valence-corrected chi connectivity index (χ4v) is 3.96. The first-order valence-electron chi connectivity index (χ1n) is 6.37. The van der Waals surface area contributed by atoms with E-state index >= 15 is 0 Å². The van der Waals surface area contributed by atoms with Crippen molar-refractivity contribution in [3.8, 4) is 0 Å². The fourth-order valence-electron chi connectivity index (χ4n) is 3.04. The predicted molar refractivity (Wildman–Crippen MR) is 69.5 cm³/mol. The predicted octanol–water partition coefficient (Wildman–Crippen LogP) is 3.44. The van der Waals surface area contributed by atoms with E-state index in [9.17, 15) is 0 Å². The molecule has 0 spiro atoms. The molecule has 2 fully saturated rings. The van der Waals surface area contributed by atoms with Gasteiger partial charge >= 0.3 is 0 Å². The molecule has 2 heteroatoms. The SMILES string of the molecule is CSC1(CNC2CCCC2(C)C)CCC1. The van der Waals surface area contributed by atoms with Crippen molar-refractivity contribution >= 4 is 11.8 Å². The second-order valence-electron chi connectivity index (χ2n) is 6.05. The summed E-state index contributed by atoms with van der Waals surface area (Å²) < 4.78 is 0.596. The topological polar surface area (TPSA) is 12.0 Å². The molecule has 0 amide bonds. The number of hydrogen-bond donors (Lipinski definition) is 1. The van der Waals surface area contributed by atoms with Crippen LogP contribution >= 0.6 is 11.8 Å². The molecule has 1 atom stereocenters. The first kappa shape index (κ1) is 11.8. The third-order valence-electron chi connectivity index (χ3n) is 4.63. The van der Waals surface area contributed by atoms with Crippen LogP contribution in [0.4, 0.5) is 0 Å². The third-order valence-corrected chi connectivity index (χ3v) is 6.04. The maximum absolute atomic E-state index is 3.84. The molecule has 0 bridgehead atoms. The highest BCUT2D eigenvalue weighted by atomic mass is 32.2. The zero-order valence-electron chi connectivity index (χ0n) is 10.4. The van der Waals surface area contributed by atoms with Crippen molar-refractivity contribution in [3.63, 3.8) is 0 Å². The van der Waals surface area contributed by atoms with Gasteiger partial charge in [0.1, 0.15) is 0 Å². The molecule has 2 saturated carbocycles. The molecule has 2 aliphatic carbocycles. The minimum Gasteiger partial charge on any atom is -0.312 e. The van der Waals surface area contributed by atoms with Gasteiger partial charge in [0.05, 0.1) is 0 Å². The molecule has 0 heterocycles. The van der Waals surface area contributed by atoms with Gasteiger partial charge in [-0.1, -0.05) is 26.7 Å². The lowest BCUT2D eigenvalue weighted by atomic mass is 9.82. The van der Waals surface area contributed by atoms with Gasteiger partial charge in [0.15, 0.2) is 0 Å². The second-order valence-corrected chi connectivity index (χ2v) is 7.33. The third kappa shape index (κ3) is 2.36. The largest absolute Gasteiger partial charge is 0.312 e. The van der Waals surface area contributed by atoms with Crippen molar-refractivity contribution < 1.29 is 0 Å². The summed E-state index contributed by atoms with van der Waals surface area (Å²) in [6.07, 6.45) is 10.8. The summed E-state index contributed by atoms with van der Waals surface area (Å²) in [5.74, 6) is 0. The summed E-state index contributed by atoms with van der Waals surface area (Å²) >= 11 is 2.08. The van der Waals surface area contributed by atoms with Crippen LogP contribution in [0.1, 0.15) is 52.4 Å². The zero-order valence-corrected chi connectivity index (χ0v) is 11.3. The second kappa shape index (κ2) is 4.29. The van der Waals surface area contributed by atoms with Gasteiger partial charge in [-0.2, -0.15) is 11.8 Å². The summed E-state index contributed by atoms with van der Waals surface area (Å²) in [5, 5.41) is 3.84. The van der Waals surface area contributed by atoms with Crippen LogP contribution in [-0.4, -0.2) is 23.6 Å². The van der Waals surface area contributed by atoms with Crippen LogP contribution in [0.25, 0.3) is 0 Å². The Bertz CT molecular complexity index is 215. The lowest BCUT2D eigenvalue weighted by Crippen LogP contribution is -2.49. The van der Waals surface area contributed by atoms with E-state index in [0.29, 0.717) is 10.2 Å². The number of thioether (sulfide) groups is 1. The van der Waals surface area contributed by atoms with Crippen LogP contribution in [0.5, 0.6) is 0 Å². The molecule has 15 heavy (non-hydrogen) atoms. The Morgan fingerprint density at radius 1 is 1.20 bits per heavy atom. The molecule has 2 rings (SSSR count). The number of nitrogens with one attached hydrogen (secondary N) is 1. The summed E-state index contributed by atoms with van der Waals surface area (Å²) in [5.41, 5.74) is 0.531. The Morgan fingerprint density at radius 3 is 2.33 bits per heavy atom. The Hall–Kier alpha value is 0.310. The normalized spacial score (nSPS) is 32.6. The maximum Gasteiger partial charge on any atom is 0.0281 e. The summed E-state index contributed by atoms with van der Waals surface area (Å²) in [7, 11) is 0. The molecular formula is C13H25NS. The van der Waals surface area contributed by atoms with E-state index < -0.39 is 0 Å². The summed E-state index contributed by atoms with van der Waals surface area (Å²) in [6.45, 7) is 6.08. The minimum atomic E-state index is 0.531. The van der Waals surface area contributed by atoms with Crippen molar-refractivity contribution in [2.75, 3.05) is 12.8 Å². The van der Waals surface area contributed by atoms with Crippen molar-refractivity contribution in [1.29, 1.82) is 0 Å². The smallest absolute Gasteiger partial charge is 0.0281 e. The first-order chi connectivity index (χ1) is 7.08. The van der Waals surface area contributed by atoms with Gasteiger partial charge in [0.25, 0.3) is 0 Å². The minimum absolute atomic E-state index is 0.531. The lowest BCUT2D eigenvalue weighted by molar-refractivity contribution is 0.254. The first-order valence-corrected chi connectivity index (χ1v) is 7.59. The van der Waals surface area contributed by atoms with Crippen LogP contribution in [0.2, 0.25) is 0 Å². The van der Waals surface area contributed by atoms with Gasteiger partial charge < -0.3 is 5.32 Å². The van der Waals surface area contributed by atoms with E-state index in [-0.39, 0.29) is 0 Å². The standard InChI is InChI=1S/C13H25NS/c1-12(2)7-4-6-11(12)14-10-13(15-3)8-5-9-13/h11,14H,4-10H2,1-3H3. The van der Waals surface area contributed by atoms with Gasteiger partial charge in [-0.3, -0.25) is 0 Å². The Kier molecular flexibility index (Phi) is 3.37. The highest BCUT2D eigenvalue weighted by Gasteiger charge is 2.39.